The van der Waals surface area contributed by atoms with E-state index < -0.39 is 0 Å². The summed E-state index contributed by atoms with van der Waals surface area (Å²) in [6.45, 7) is 5.82. The number of hydrogen-bond acceptors (Lipinski definition) is 3. The molecule has 0 heterocycles. The molecule has 3 heteroatoms. The van der Waals surface area contributed by atoms with Crippen LogP contribution in [-0.4, -0.2) is 32.0 Å². The predicted molar refractivity (Wildman–Crippen MR) is 74.5 cm³/mol. The van der Waals surface area contributed by atoms with Crippen LogP contribution in [0.2, 0.25) is 0 Å². The zero-order chi connectivity index (χ0) is 13.4. The summed E-state index contributed by atoms with van der Waals surface area (Å²) < 4.78 is 5.08. The van der Waals surface area contributed by atoms with Crippen LogP contribution in [-0.2, 0) is 10.3 Å². The second-order valence-corrected chi connectivity index (χ2v) is 5.12. The molecule has 1 unspecified atom stereocenters. The van der Waals surface area contributed by atoms with Crippen LogP contribution in [0.25, 0.3) is 0 Å². The number of benzene rings is 1. The maximum Gasteiger partial charge on any atom is 0.0672 e. The first-order chi connectivity index (χ1) is 8.64. The molecule has 1 aromatic carbocycles. The number of nitrogens with one attached hydrogen (secondary N) is 1. The van der Waals surface area contributed by atoms with Gasteiger partial charge in [-0.15, -0.1) is 0 Å². The lowest BCUT2D eigenvalue weighted by atomic mass is 9.83. The highest BCUT2D eigenvalue weighted by molar-refractivity contribution is 5.24. The molecule has 1 rings (SSSR count). The van der Waals surface area contributed by atoms with E-state index in [4.69, 9.17) is 4.74 Å². The Morgan fingerprint density at radius 1 is 1.28 bits per heavy atom. The molecule has 0 fully saturated rings. The van der Waals surface area contributed by atoms with E-state index in [2.05, 4.69) is 31.3 Å². The van der Waals surface area contributed by atoms with Crippen LogP contribution in [0.4, 0.5) is 0 Å². The van der Waals surface area contributed by atoms with Crippen molar-refractivity contribution in [2.45, 2.75) is 25.8 Å². The van der Waals surface area contributed by atoms with Crippen molar-refractivity contribution in [3.8, 4) is 0 Å². The van der Waals surface area contributed by atoms with Gasteiger partial charge < -0.3 is 15.2 Å². The van der Waals surface area contributed by atoms with Crippen molar-refractivity contribution in [3.05, 3.63) is 35.9 Å². The zero-order valence-corrected chi connectivity index (χ0v) is 11.6. The van der Waals surface area contributed by atoms with Gasteiger partial charge in [-0.25, -0.2) is 0 Å². The van der Waals surface area contributed by atoms with Gasteiger partial charge in [0.15, 0.2) is 0 Å². The number of aliphatic hydroxyl groups excluding tert-OH is 1. The van der Waals surface area contributed by atoms with E-state index in [1.807, 2.05) is 18.2 Å². The Balaban J connectivity index is 2.90. The Kier molecular flexibility index (Phi) is 6.33. The minimum Gasteiger partial charge on any atom is -0.394 e. The second kappa shape index (κ2) is 7.52. The zero-order valence-electron chi connectivity index (χ0n) is 11.6. The van der Waals surface area contributed by atoms with Gasteiger partial charge >= 0.3 is 0 Å². The average Bonchev–Trinajstić information content (AvgIpc) is 2.38. The highest BCUT2D eigenvalue weighted by atomic mass is 16.5. The van der Waals surface area contributed by atoms with Gasteiger partial charge in [0.05, 0.1) is 18.8 Å². The SMILES string of the molecule is COCCNC(CO)(CC(C)C)c1ccccc1. The Labute approximate surface area is 110 Å². The summed E-state index contributed by atoms with van der Waals surface area (Å²) in [5.74, 6) is 0.507. The number of aliphatic hydroxyl groups is 1. The molecule has 1 atom stereocenters. The lowest BCUT2D eigenvalue weighted by molar-refractivity contribution is 0.120. The molecule has 0 aliphatic heterocycles. The van der Waals surface area contributed by atoms with Crippen molar-refractivity contribution >= 4 is 0 Å². The molecule has 3 nitrogen and oxygen atoms in total. The fourth-order valence-electron chi connectivity index (χ4n) is 2.35. The summed E-state index contributed by atoms with van der Waals surface area (Å²) in [6, 6.07) is 10.2. The molecule has 0 saturated heterocycles. The summed E-state index contributed by atoms with van der Waals surface area (Å²) >= 11 is 0. The fraction of sp³-hybridized carbons (Fsp3) is 0.600. The third kappa shape index (κ3) is 4.09. The molecule has 1 aromatic rings. The maximum atomic E-state index is 9.87. The van der Waals surface area contributed by atoms with E-state index in [1.54, 1.807) is 7.11 Å². The van der Waals surface area contributed by atoms with Gasteiger partial charge in [0.1, 0.15) is 0 Å². The maximum absolute atomic E-state index is 9.87. The molecular weight excluding hydrogens is 226 g/mol. The lowest BCUT2D eigenvalue weighted by Crippen LogP contribution is -2.47. The molecule has 102 valence electrons. The Bertz CT molecular complexity index is 327. The quantitative estimate of drug-likeness (QED) is 0.696. The second-order valence-electron chi connectivity index (χ2n) is 5.12. The van der Waals surface area contributed by atoms with Crippen molar-refractivity contribution in [3.63, 3.8) is 0 Å². The molecule has 0 aromatic heterocycles. The summed E-state index contributed by atoms with van der Waals surface area (Å²) in [7, 11) is 1.69. The topological polar surface area (TPSA) is 41.5 Å². The number of ether oxygens (including phenoxy) is 1. The summed E-state index contributed by atoms with van der Waals surface area (Å²) in [6.07, 6.45) is 0.900. The standard InChI is InChI=1S/C15H25NO2/c1-13(2)11-15(12-17,16-9-10-18-3)14-7-5-4-6-8-14/h4-8,13,16-17H,9-12H2,1-3H3. The van der Waals surface area contributed by atoms with E-state index in [0.29, 0.717) is 12.5 Å². The van der Waals surface area contributed by atoms with Crippen molar-refractivity contribution in [1.29, 1.82) is 0 Å². The van der Waals surface area contributed by atoms with E-state index in [9.17, 15) is 5.11 Å². The first kappa shape index (κ1) is 15.2. The van der Waals surface area contributed by atoms with Gasteiger partial charge in [-0.2, -0.15) is 0 Å². The van der Waals surface area contributed by atoms with Gasteiger partial charge in [0, 0.05) is 13.7 Å². The van der Waals surface area contributed by atoms with Gasteiger partial charge in [0.25, 0.3) is 0 Å². The fourth-order valence-corrected chi connectivity index (χ4v) is 2.35. The van der Waals surface area contributed by atoms with Crippen LogP contribution in [0.3, 0.4) is 0 Å². The monoisotopic (exact) mass is 251 g/mol. The lowest BCUT2D eigenvalue weighted by Gasteiger charge is -2.35. The van der Waals surface area contributed by atoms with Crippen molar-refractivity contribution < 1.29 is 9.84 Å². The number of rotatable bonds is 8. The number of methoxy groups -OCH3 is 1. The van der Waals surface area contributed by atoms with Crippen LogP contribution >= 0.6 is 0 Å². The molecule has 0 radical (unpaired) electrons. The third-order valence-corrected chi connectivity index (χ3v) is 3.12. The smallest absolute Gasteiger partial charge is 0.0672 e. The molecule has 0 aliphatic carbocycles. The van der Waals surface area contributed by atoms with E-state index in [1.165, 1.54) is 0 Å². The normalized spacial score (nSPS) is 14.7. The average molecular weight is 251 g/mol. The van der Waals surface area contributed by atoms with Crippen LogP contribution in [0.15, 0.2) is 30.3 Å². The third-order valence-electron chi connectivity index (χ3n) is 3.12. The molecule has 0 bridgehead atoms. The van der Waals surface area contributed by atoms with Gasteiger partial charge in [-0.05, 0) is 17.9 Å². The van der Waals surface area contributed by atoms with Crippen molar-refractivity contribution in [1.82, 2.24) is 5.32 Å². The Hall–Kier alpha value is -0.900. The van der Waals surface area contributed by atoms with Crippen molar-refractivity contribution in [2.75, 3.05) is 26.9 Å². The van der Waals surface area contributed by atoms with E-state index in [-0.39, 0.29) is 12.1 Å². The van der Waals surface area contributed by atoms with E-state index >= 15 is 0 Å². The largest absolute Gasteiger partial charge is 0.394 e. The van der Waals surface area contributed by atoms with Gasteiger partial charge in [-0.3, -0.25) is 0 Å². The van der Waals surface area contributed by atoms with Crippen LogP contribution in [0, 0.1) is 5.92 Å². The first-order valence-corrected chi connectivity index (χ1v) is 6.55. The van der Waals surface area contributed by atoms with E-state index in [0.717, 1.165) is 18.5 Å². The summed E-state index contributed by atoms with van der Waals surface area (Å²) in [5, 5.41) is 13.3. The number of hydrogen-bond donors (Lipinski definition) is 2. The predicted octanol–water partition coefficient (Wildman–Crippen LogP) is 2.16. The van der Waals surface area contributed by atoms with Crippen molar-refractivity contribution in [2.24, 2.45) is 5.92 Å². The minimum absolute atomic E-state index is 0.0961. The Morgan fingerprint density at radius 3 is 2.44 bits per heavy atom. The highest BCUT2D eigenvalue weighted by Crippen LogP contribution is 2.28. The molecule has 18 heavy (non-hydrogen) atoms. The molecule has 0 saturated carbocycles. The molecule has 0 aliphatic rings. The highest BCUT2D eigenvalue weighted by Gasteiger charge is 2.31. The van der Waals surface area contributed by atoms with Crippen LogP contribution in [0.1, 0.15) is 25.8 Å². The Morgan fingerprint density at radius 2 is 1.94 bits per heavy atom. The first-order valence-electron chi connectivity index (χ1n) is 6.55. The molecular formula is C15H25NO2. The van der Waals surface area contributed by atoms with Crippen LogP contribution in [0.5, 0.6) is 0 Å². The van der Waals surface area contributed by atoms with Gasteiger partial charge in [-0.1, -0.05) is 44.2 Å². The van der Waals surface area contributed by atoms with Gasteiger partial charge in [0.2, 0.25) is 0 Å². The molecule has 0 spiro atoms. The molecule has 2 N–H and O–H groups in total. The molecule has 0 amide bonds. The summed E-state index contributed by atoms with van der Waals surface area (Å²) in [5.41, 5.74) is 0.769. The summed E-state index contributed by atoms with van der Waals surface area (Å²) in [4.78, 5) is 0. The van der Waals surface area contributed by atoms with Crippen LogP contribution < -0.4 is 5.32 Å². The minimum atomic E-state index is -0.367.